The van der Waals surface area contributed by atoms with Gasteiger partial charge in [-0.1, -0.05) is 52.3 Å². The van der Waals surface area contributed by atoms with Gasteiger partial charge in [0.1, 0.15) is 0 Å². The lowest BCUT2D eigenvalue weighted by Gasteiger charge is -2.64. The summed E-state index contributed by atoms with van der Waals surface area (Å²) >= 11 is 0. The van der Waals surface area contributed by atoms with Gasteiger partial charge in [0.15, 0.2) is 0 Å². The molecule has 0 aromatic heterocycles. The van der Waals surface area contributed by atoms with Crippen molar-refractivity contribution >= 4 is 12.9 Å². The predicted octanol–water partition coefficient (Wildman–Crippen LogP) is 6.17. The molecule has 0 radical (unpaired) electrons. The fourth-order valence-corrected chi connectivity index (χ4v) is 11.2. The van der Waals surface area contributed by atoms with E-state index in [9.17, 15) is 19.7 Å². The van der Waals surface area contributed by atoms with Crippen LogP contribution < -0.4 is 5.30 Å². The van der Waals surface area contributed by atoms with Crippen LogP contribution in [0.25, 0.3) is 0 Å². The summed E-state index contributed by atoms with van der Waals surface area (Å²) in [4.78, 5) is 10.4. The van der Waals surface area contributed by atoms with Gasteiger partial charge >= 0.3 is 7.60 Å². The molecular formula is C31H49O5P. The van der Waals surface area contributed by atoms with Crippen LogP contribution in [0.2, 0.25) is 0 Å². The molecule has 4 aliphatic carbocycles. The highest BCUT2D eigenvalue weighted by atomic mass is 31.2. The molecule has 37 heavy (non-hydrogen) atoms. The normalized spacial score (nSPS) is 45.8. The van der Waals surface area contributed by atoms with Crippen LogP contribution in [0, 0.1) is 52.3 Å². The third kappa shape index (κ3) is 4.69. The summed E-state index contributed by atoms with van der Waals surface area (Å²) in [5.74, 6) is 3.08. The minimum atomic E-state index is -3.79. The van der Waals surface area contributed by atoms with E-state index in [4.69, 9.17) is 4.52 Å². The van der Waals surface area contributed by atoms with Gasteiger partial charge in [-0.25, -0.2) is 0 Å². The highest BCUT2D eigenvalue weighted by Gasteiger charge is 2.64. The van der Waals surface area contributed by atoms with Gasteiger partial charge in [0.2, 0.25) is 0 Å². The molecule has 12 atom stereocenters. The Kier molecular flexibility index (Phi) is 7.79. The summed E-state index contributed by atoms with van der Waals surface area (Å²) in [7, 11) is -3.79. The summed E-state index contributed by atoms with van der Waals surface area (Å²) in [5.41, 5.74) is 0.419. The highest BCUT2D eigenvalue weighted by Crippen LogP contribution is 2.69. The Morgan fingerprint density at radius 3 is 2.38 bits per heavy atom. The second kappa shape index (κ2) is 10.4. The van der Waals surface area contributed by atoms with Crippen LogP contribution in [0.15, 0.2) is 30.3 Å². The number of benzene rings is 1. The van der Waals surface area contributed by atoms with Gasteiger partial charge in [0.05, 0.1) is 24.1 Å². The lowest BCUT2D eigenvalue weighted by molar-refractivity contribution is -0.203. The Morgan fingerprint density at radius 2 is 1.68 bits per heavy atom. The third-order valence-electron chi connectivity index (χ3n) is 12.1. The van der Waals surface area contributed by atoms with E-state index in [2.05, 4.69) is 27.7 Å². The lowest BCUT2D eigenvalue weighted by atomic mass is 9.41. The predicted molar refractivity (Wildman–Crippen MR) is 147 cm³/mol. The Balaban J connectivity index is 1.29. The Morgan fingerprint density at radius 1 is 1.00 bits per heavy atom. The van der Waals surface area contributed by atoms with Crippen LogP contribution in [-0.2, 0) is 9.09 Å². The van der Waals surface area contributed by atoms with E-state index in [-0.39, 0.29) is 35.6 Å². The van der Waals surface area contributed by atoms with Gasteiger partial charge in [-0.3, -0.25) is 4.57 Å². The summed E-state index contributed by atoms with van der Waals surface area (Å²) in [6.07, 6.45) is 8.85. The minimum Gasteiger partial charge on any atom is -0.393 e. The third-order valence-corrected chi connectivity index (χ3v) is 13.6. The molecule has 1 unspecified atom stereocenters. The number of aliphatic hydroxyl groups excluding tert-OH is 2. The number of hydrogen-bond acceptors (Lipinski definition) is 4. The number of hydrogen-bond donors (Lipinski definition) is 3. The molecule has 0 saturated heterocycles. The quantitative estimate of drug-likeness (QED) is 0.366. The summed E-state index contributed by atoms with van der Waals surface area (Å²) < 4.78 is 18.3. The zero-order valence-corrected chi connectivity index (χ0v) is 24.2. The van der Waals surface area contributed by atoms with Crippen molar-refractivity contribution in [2.45, 2.75) is 97.7 Å². The number of aliphatic hydroxyl groups is 2. The molecular weight excluding hydrogens is 483 g/mol. The summed E-state index contributed by atoms with van der Waals surface area (Å²) in [6, 6.07) is 8.67. The Labute approximate surface area is 223 Å². The summed E-state index contributed by atoms with van der Waals surface area (Å²) in [5, 5.41) is 22.7. The van der Waals surface area contributed by atoms with E-state index in [0.29, 0.717) is 40.8 Å². The second-order valence-electron chi connectivity index (χ2n) is 13.6. The molecule has 0 aliphatic heterocycles. The SMILES string of the molecule is CC[C@H]1[C@@H](O)[C@@H]2[C@H](CC[C@]3(C)[C@@H]([C@H](C)CCOP(=O)(O)c4ccccc4)CC[C@@H]23)[C@@]2(C)CC[C@@H](O)C[C@@H]12. The molecule has 5 nitrogen and oxygen atoms in total. The minimum absolute atomic E-state index is 0.194. The first-order valence-electron chi connectivity index (χ1n) is 14.9. The van der Waals surface area contributed by atoms with Crippen LogP contribution in [0.5, 0.6) is 0 Å². The Bertz CT molecular complexity index is 985. The van der Waals surface area contributed by atoms with Gasteiger partial charge < -0.3 is 19.6 Å². The van der Waals surface area contributed by atoms with Crippen LogP contribution in [0.3, 0.4) is 0 Å². The first-order valence-corrected chi connectivity index (χ1v) is 16.5. The van der Waals surface area contributed by atoms with Crippen molar-refractivity contribution in [3.05, 3.63) is 30.3 Å². The molecule has 5 rings (SSSR count). The monoisotopic (exact) mass is 532 g/mol. The second-order valence-corrected chi connectivity index (χ2v) is 15.4. The first kappa shape index (κ1) is 27.8. The van der Waals surface area contributed by atoms with Crippen molar-refractivity contribution in [1.29, 1.82) is 0 Å². The Hall–Kier alpha value is -0.710. The molecule has 4 aliphatic rings. The molecule has 3 N–H and O–H groups in total. The van der Waals surface area contributed by atoms with Crippen LogP contribution in [-0.4, -0.2) is 33.9 Å². The van der Waals surface area contributed by atoms with Crippen molar-refractivity contribution in [3.63, 3.8) is 0 Å². The van der Waals surface area contributed by atoms with Crippen LogP contribution >= 0.6 is 7.60 Å². The van der Waals surface area contributed by atoms with Crippen LogP contribution in [0.1, 0.15) is 85.5 Å². The molecule has 0 bridgehead atoms. The molecule has 1 aromatic rings. The fraction of sp³-hybridized carbons (Fsp3) is 0.806. The molecule has 6 heteroatoms. The van der Waals surface area contributed by atoms with E-state index in [0.717, 1.165) is 32.1 Å². The van der Waals surface area contributed by atoms with Crippen molar-refractivity contribution in [2.24, 2.45) is 52.3 Å². The molecule has 4 saturated carbocycles. The molecule has 1 aromatic carbocycles. The highest BCUT2D eigenvalue weighted by molar-refractivity contribution is 7.61. The zero-order chi connectivity index (χ0) is 26.6. The van der Waals surface area contributed by atoms with Crippen molar-refractivity contribution in [2.75, 3.05) is 6.61 Å². The number of rotatable bonds is 7. The topological polar surface area (TPSA) is 87.0 Å². The van der Waals surface area contributed by atoms with Gasteiger partial charge in [0.25, 0.3) is 0 Å². The first-order chi connectivity index (χ1) is 17.5. The molecule has 0 heterocycles. The van der Waals surface area contributed by atoms with Gasteiger partial charge in [-0.15, -0.1) is 0 Å². The van der Waals surface area contributed by atoms with Crippen molar-refractivity contribution in [1.82, 2.24) is 0 Å². The average Bonchev–Trinajstić information content (AvgIpc) is 3.23. The van der Waals surface area contributed by atoms with Gasteiger partial charge in [0, 0.05) is 0 Å². The summed E-state index contributed by atoms with van der Waals surface area (Å²) in [6.45, 7) is 9.79. The maximum atomic E-state index is 12.7. The van der Waals surface area contributed by atoms with E-state index >= 15 is 0 Å². The zero-order valence-electron chi connectivity index (χ0n) is 23.3. The van der Waals surface area contributed by atoms with E-state index in [1.54, 1.807) is 24.3 Å². The largest absolute Gasteiger partial charge is 0.393 e. The number of fused-ring (bicyclic) bond motifs is 5. The fourth-order valence-electron chi connectivity index (χ4n) is 10.2. The molecule has 4 fully saturated rings. The van der Waals surface area contributed by atoms with Crippen molar-refractivity contribution < 1.29 is 24.2 Å². The van der Waals surface area contributed by atoms with Gasteiger partial charge in [-0.05, 0) is 116 Å². The van der Waals surface area contributed by atoms with Crippen LogP contribution in [0.4, 0.5) is 0 Å². The van der Waals surface area contributed by atoms with Gasteiger partial charge in [-0.2, -0.15) is 0 Å². The smallest absolute Gasteiger partial charge is 0.358 e. The van der Waals surface area contributed by atoms with E-state index in [1.807, 2.05) is 6.07 Å². The lowest BCUT2D eigenvalue weighted by Crippen LogP contribution is -2.62. The van der Waals surface area contributed by atoms with E-state index < -0.39 is 7.60 Å². The van der Waals surface area contributed by atoms with Crippen molar-refractivity contribution in [3.8, 4) is 0 Å². The molecule has 0 amide bonds. The van der Waals surface area contributed by atoms with E-state index in [1.165, 1.54) is 25.7 Å². The maximum Gasteiger partial charge on any atom is 0.358 e. The standard InChI is InChI=1S/C31H49O5P/c1-5-23-27-19-21(32)13-16-31(27,4)26-14-17-30(3)24(11-12-25(30)28(26)29(23)33)20(2)15-18-36-37(34,35)22-9-7-6-8-10-22/h6-10,20-21,23-29,32-33H,5,11-19H2,1-4H3,(H,34,35)/t20-,21-,23-,24-,25+,26+,27+,28+,29-,30-,31-/m1/s1. The average molecular weight is 533 g/mol. The molecule has 208 valence electrons. The molecule has 0 spiro atoms. The maximum absolute atomic E-state index is 12.7.